The largest absolute Gasteiger partial charge is 0.503 e. The van der Waals surface area contributed by atoms with Crippen molar-refractivity contribution in [2.24, 2.45) is 0 Å². The Labute approximate surface area is 350 Å². The van der Waals surface area contributed by atoms with E-state index in [1.807, 2.05) is 30.5 Å². The molecule has 2 fully saturated rings. The van der Waals surface area contributed by atoms with Crippen LogP contribution in [0, 0.1) is 6.92 Å². The second-order valence-electron chi connectivity index (χ2n) is 15.2. The highest BCUT2D eigenvalue weighted by molar-refractivity contribution is 9.10. The molecule has 0 aliphatic heterocycles. The van der Waals surface area contributed by atoms with Crippen LogP contribution in [0.5, 0.6) is 11.5 Å². The van der Waals surface area contributed by atoms with Crippen molar-refractivity contribution in [3.05, 3.63) is 136 Å². The van der Waals surface area contributed by atoms with Crippen LogP contribution in [0.25, 0.3) is 0 Å². The van der Waals surface area contributed by atoms with E-state index >= 15 is 0 Å². The third-order valence-electron chi connectivity index (χ3n) is 11.1. The molecule has 2 aliphatic rings. The summed E-state index contributed by atoms with van der Waals surface area (Å²) in [6, 6.07) is 15.4. The first kappa shape index (κ1) is 43.3. The molecule has 5 aromatic rings. The molecule has 0 atom stereocenters. The maximum Gasteiger partial charge on any atom is 0.416 e. The summed E-state index contributed by atoms with van der Waals surface area (Å²) in [5.74, 6) is -2.42. The normalized spacial score (nSPS) is 15.6. The number of nitrogens with one attached hydrogen (secondary N) is 2. The van der Waals surface area contributed by atoms with E-state index in [0.29, 0.717) is 24.9 Å². The van der Waals surface area contributed by atoms with Crippen LogP contribution >= 0.6 is 27.3 Å². The van der Waals surface area contributed by atoms with Gasteiger partial charge in [-0.3, -0.25) is 28.5 Å². The summed E-state index contributed by atoms with van der Waals surface area (Å²) in [7, 11) is 1.43. The molecule has 2 aliphatic carbocycles. The first-order valence-electron chi connectivity index (χ1n) is 19.1. The summed E-state index contributed by atoms with van der Waals surface area (Å²) in [6.45, 7) is 2.77. The molecule has 2 saturated carbocycles. The summed E-state index contributed by atoms with van der Waals surface area (Å²) >= 11 is 4.99. The molecule has 0 unspecified atom stereocenters. The number of carbonyl (C=O) groups is 2. The fraction of sp³-hybridized carbons (Fsp3) is 0.381. The number of halogens is 4. The summed E-state index contributed by atoms with van der Waals surface area (Å²) in [4.78, 5) is 49.8. The number of thiophene rings is 1. The molecule has 2 amide bonds. The number of hydrogen-bond acceptors (Lipinski definition) is 9. The molecular weight excluding hydrogens is 853 g/mol. The van der Waals surface area contributed by atoms with Crippen molar-refractivity contribution in [3.63, 3.8) is 0 Å². The minimum Gasteiger partial charge on any atom is -0.503 e. The lowest BCUT2D eigenvalue weighted by Gasteiger charge is -2.31. The van der Waals surface area contributed by atoms with E-state index in [0.717, 1.165) is 71.8 Å². The van der Waals surface area contributed by atoms with Gasteiger partial charge in [-0.2, -0.15) is 23.4 Å². The van der Waals surface area contributed by atoms with Crippen molar-refractivity contribution >= 4 is 39.1 Å². The average molecular weight is 898 g/mol. The number of alkyl halides is 3. The van der Waals surface area contributed by atoms with E-state index in [1.165, 1.54) is 45.6 Å². The van der Waals surface area contributed by atoms with Gasteiger partial charge in [-0.05, 0) is 78.9 Å². The smallest absolute Gasteiger partial charge is 0.416 e. The van der Waals surface area contributed by atoms with Gasteiger partial charge in [-0.15, -0.1) is 11.3 Å². The zero-order valence-corrected chi connectivity index (χ0v) is 34.8. The monoisotopic (exact) mass is 896 g/mol. The molecule has 17 heteroatoms. The summed E-state index contributed by atoms with van der Waals surface area (Å²) < 4.78 is 43.8. The van der Waals surface area contributed by atoms with Crippen LogP contribution in [-0.4, -0.2) is 48.6 Å². The third kappa shape index (κ3) is 9.95. The van der Waals surface area contributed by atoms with E-state index in [9.17, 15) is 42.6 Å². The number of benzene rings is 2. The van der Waals surface area contributed by atoms with E-state index in [4.69, 9.17) is 0 Å². The van der Waals surface area contributed by atoms with Crippen LogP contribution in [-0.2, 0) is 36.6 Å². The molecular formula is C42H44BrF3N6O6S. The molecule has 12 nitrogen and oxygen atoms in total. The Morgan fingerprint density at radius 3 is 1.80 bits per heavy atom. The van der Waals surface area contributed by atoms with Gasteiger partial charge < -0.3 is 20.8 Å². The number of nitrogens with zero attached hydrogens (tertiary/aromatic N) is 4. The van der Waals surface area contributed by atoms with Crippen LogP contribution in [0.2, 0.25) is 0 Å². The molecule has 0 bridgehead atoms. The van der Waals surface area contributed by atoms with Crippen molar-refractivity contribution in [3.8, 4) is 11.5 Å². The minimum absolute atomic E-state index is 0.127. The van der Waals surface area contributed by atoms with Crippen molar-refractivity contribution in [1.82, 2.24) is 30.2 Å². The molecule has 312 valence electrons. The van der Waals surface area contributed by atoms with Gasteiger partial charge in [0.05, 0.1) is 37.6 Å². The molecule has 0 saturated heterocycles. The highest BCUT2D eigenvalue weighted by atomic mass is 79.9. The molecule has 0 spiro atoms. The van der Waals surface area contributed by atoms with Gasteiger partial charge in [0, 0.05) is 27.2 Å². The van der Waals surface area contributed by atoms with Gasteiger partial charge in [-0.1, -0.05) is 71.9 Å². The number of aromatic hydroxyl groups is 2. The Hall–Kier alpha value is -5.29. The maximum absolute atomic E-state index is 13.3. The van der Waals surface area contributed by atoms with Gasteiger partial charge in [0.1, 0.15) is 0 Å². The van der Waals surface area contributed by atoms with Crippen LogP contribution in [0.1, 0.15) is 99.5 Å². The molecule has 0 radical (unpaired) electrons. The van der Waals surface area contributed by atoms with Crippen molar-refractivity contribution in [2.75, 3.05) is 7.05 Å². The van der Waals surface area contributed by atoms with E-state index in [2.05, 4.69) is 48.9 Å². The Morgan fingerprint density at radius 2 is 1.32 bits per heavy atom. The number of amides is 2. The lowest BCUT2D eigenvalue weighted by molar-refractivity contribution is -0.137. The molecule has 2 aromatic carbocycles. The van der Waals surface area contributed by atoms with Crippen molar-refractivity contribution < 1.29 is 33.0 Å². The first-order chi connectivity index (χ1) is 28.0. The van der Waals surface area contributed by atoms with Gasteiger partial charge in [-0.25, -0.2) is 0 Å². The quantitative estimate of drug-likeness (QED) is 0.113. The Balaban J connectivity index is 0.000000208. The molecule has 3 aromatic heterocycles. The van der Waals surface area contributed by atoms with Crippen molar-refractivity contribution in [2.45, 2.75) is 94.9 Å². The number of aryl methyl sites for hydroxylation is 1. The van der Waals surface area contributed by atoms with Crippen LogP contribution < -0.4 is 21.5 Å². The summed E-state index contributed by atoms with van der Waals surface area (Å²) in [5, 5.41) is 35.5. The highest BCUT2D eigenvalue weighted by Crippen LogP contribution is 2.45. The van der Waals surface area contributed by atoms with Gasteiger partial charge in [0.15, 0.2) is 22.9 Å². The zero-order chi connectivity index (χ0) is 42.5. The topological polar surface area (TPSA) is 168 Å². The van der Waals surface area contributed by atoms with Crippen LogP contribution in [0.4, 0.5) is 13.2 Å². The predicted molar refractivity (Wildman–Crippen MR) is 220 cm³/mol. The Kier molecular flexibility index (Phi) is 13.1. The maximum atomic E-state index is 13.3. The zero-order valence-electron chi connectivity index (χ0n) is 32.4. The Bertz CT molecular complexity index is 2450. The number of rotatable bonds is 10. The first-order valence-corrected chi connectivity index (χ1v) is 20.8. The van der Waals surface area contributed by atoms with E-state index in [-0.39, 0.29) is 24.2 Å². The molecule has 3 heterocycles. The fourth-order valence-electron chi connectivity index (χ4n) is 8.10. The average Bonchev–Trinajstić information content (AvgIpc) is 3.99. The van der Waals surface area contributed by atoms with Crippen LogP contribution in [0.3, 0.4) is 0 Å². The van der Waals surface area contributed by atoms with Crippen molar-refractivity contribution in [1.29, 1.82) is 0 Å². The van der Waals surface area contributed by atoms with E-state index < -0.39 is 57.0 Å². The third-order valence-corrected chi connectivity index (χ3v) is 12.6. The summed E-state index contributed by atoms with van der Waals surface area (Å²) in [6.07, 6.45) is 5.11. The Morgan fingerprint density at radius 1 is 0.814 bits per heavy atom. The predicted octanol–water partition coefficient (Wildman–Crippen LogP) is 7.36. The van der Waals surface area contributed by atoms with Gasteiger partial charge >= 0.3 is 6.18 Å². The van der Waals surface area contributed by atoms with Crippen LogP contribution in [0.15, 0.2) is 86.4 Å². The van der Waals surface area contributed by atoms with Gasteiger partial charge in [0.25, 0.3) is 22.7 Å². The number of aromatic nitrogens is 4. The van der Waals surface area contributed by atoms with E-state index in [1.54, 1.807) is 6.07 Å². The number of carbonyl (C=O) groups excluding carboxylic acids is 2. The minimum atomic E-state index is -4.46. The fourth-order valence-corrected chi connectivity index (χ4v) is 9.32. The lowest BCUT2D eigenvalue weighted by Crippen LogP contribution is -2.34. The molecule has 59 heavy (non-hydrogen) atoms. The molecule has 7 rings (SSSR count). The number of hydrogen-bond donors (Lipinski definition) is 4. The van der Waals surface area contributed by atoms with Gasteiger partial charge in [0.2, 0.25) is 0 Å². The highest BCUT2D eigenvalue weighted by Gasteiger charge is 2.39. The second-order valence-corrected chi connectivity index (χ2v) is 17.1. The molecule has 4 N–H and O–H groups in total. The lowest BCUT2D eigenvalue weighted by atomic mass is 9.78. The summed E-state index contributed by atoms with van der Waals surface area (Å²) in [5.41, 5.74) is -1.11. The second kappa shape index (κ2) is 17.9. The standard InChI is InChI=1S/C24H24F3N3O3S.C18H20BrN3O3/c1-15-9-18(34-13-15)11-28-22(33)20-21(32)19(31)12-30(29-20)14-23(7-2-3-8-23)16-5-4-6-17(10-16)24(25,26)27;1-20-17(25)15-16(24)14(23)10-22(21-15)11-18(7-2-3-8-18)12-5-4-6-13(19)9-12/h4-6,9-10,12-13,31H,2-3,7-8,11,14H2,1H3,(H,28,33);4-6,9-10,23H,2-3,7-8,11H2,1H3,(H,20,25). The SMILES string of the molecule is CNC(=O)c1nn(CC2(c3cccc(Br)c3)CCCC2)cc(O)c1=O.Cc1csc(CNC(=O)c2nn(CC3(c4cccc(C(F)(F)F)c4)CCCC3)cc(O)c2=O)c1.